The van der Waals surface area contributed by atoms with Gasteiger partial charge in [-0.05, 0) is 29.2 Å². The van der Waals surface area contributed by atoms with Crippen LogP contribution in [0.4, 0.5) is 5.69 Å². The molecule has 34 heavy (non-hydrogen) atoms. The van der Waals surface area contributed by atoms with Crippen LogP contribution in [-0.4, -0.2) is 29.1 Å². The van der Waals surface area contributed by atoms with Crippen molar-refractivity contribution in [3.8, 4) is 11.3 Å². The molecule has 3 amide bonds. The summed E-state index contributed by atoms with van der Waals surface area (Å²) in [6, 6.07) is 21.5. The van der Waals surface area contributed by atoms with E-state index in [0.717, 1.165) is 11.1 Å². The van der Waals surface area contributed by atoms with Crippen LogP contribution in [0.2, 0.25) is 0 Å². The molecule has 0 fully saturated rings. The third kappa shape index (κ3) is 3.48. The Morgan fingerprint density at radius 3 is 2.26 bits per heavy atom. The molecular weight excluding hydrogens is 438 g/mol. The molecule has 3 aromatic carbocycles. The number of carbonyl (C=O) groups excluding carboxylic acids is 3. The van der Waals surface area contributed by atoms with Gasteiger partial charge in [0.1, 0.15) is 6.21 Å². The number of anilines is 1. The quantitative estimate of drug-likeness (QED) is 0.214. The second-order valence-corrected chi connectivity index (χ2v) is 7.24. The summed E-state index contributed by atoms with van der Waals surface area (Å²) >= 11 is 0. The van der Waals surface area contributed by atoms with Crippen molar-refractivity contribution in [1.82, 2.24) is 10.6 Å². The van der Waals surface area contributed by atoms with Crippen molar-refractivity contribution in [3.05, 3.63) is 106 Å². The number of para-hydroxylation sites is 1. The topological polar surface area (TPSA) is 132 Å². The molecule has 2 heterocycles. The number of carbonyl (C=O) groups is 3. The zero-order chi connectivity index (χ0) is 23.7. The van der Waals surface area contributed by atoms with Gasteiger partial charge in [-0.1, -0.05) is 54.6 Å². The number of benzene rings is 3. The van der Waals surface area contributed by atoms with E-state index >= 15 is 0 Å². The summed E-state index contributed by atoms with van der Waals surface area (Å²) in [6.07, 6.45) is 1.11. The molecule has 0 radical (unpaired) electrons. The molecule has 0 saturated heterocycles. The number of nitrogens with one attached hydrogen (secondary N) is 1. The van der Waals surface area contributed by atoms with E-state index in [0.29, 0.717) is 5.56 Å². The van der Waals surface area contributed by atoms with Crippen LogP contribution >= 0.6 is 0 Å². The first-order valence-electron chi connectivity index (χ1n) is 10.1. The zero-order valence-corrected chi connectivity index (χ0v) is 17.4. The number of fused-ring (bicyclic) bond motifs is 1. The summed E-state index contributed by atoms with van der Waals surface area (Å²) in [6.45, 7) is 0. The SMILES string of the molecule is O=C(N/N=C/c1c(-c2ccccc2)no[n+]1[O-])c1ccccc1N1C(=O)c2ccccc2C1=O. The van der Waals surface area contributed by atoms with Crippen molar-refractivity contribution < 1.29 is 23.9 Å². The molecule has 1 aliphatic rings. The van der Waals surface area contributed by atoms with E-state index in [2.05, 4.69) is 20.3 Å². The molecule has 0 bridgehead atoms. The maximum Gasteiger partial charge on any atom is 0.273 e. The highest BCUT2D eigenvalue weighted by Gasteiger charge is 2.37. The predicted octanol–water partition coefficient (Wildman–Crippen LogP) is 2.54. The van der Waals surface area contributed by atoms with Gasteiger partial charge in [0.05, 0.1) is 22.4 Å². The Kier molecular flexibility index (Phi) is 5.15. The fourth-order valence-electron chi connectivity index (χ4n) is 3.64. The third-order valence-electron chi connectivity index (χ3n) is 5.23. The van der Waals surface area contributed by atoms with E-state index in [1.54, 1.807) is 60.7 Å². The average molecular weight is 453 g/mol. The Labute approximate surface area is 192 Å². The molecule has 166 valence electrons. The van der Waals surface area contributed by atoms with Crippen LogP contribution in [0, 0.1) is 5.21 Å². The van der Waals surface area contributed by atoms with Crippen LogP contribution in [0.5, 0.6) is 0 Å². The Morgan fingerprint density at radius 1 is 0.941 bits per heavy atom. The molecule has 4 aromatic rings. The normalized spacial score (nSPS) is 12.9. The van der Waals surface area contributed by atoms with Gasteiger partial charge >= 0.3 is 0 Å². The Balaban J connectivity index is 1.40. The average Bonchev–Trinajstić information content (AvgIpc) is 3.36. The molecule has 1 aromatic heterocycles. The van der Waals surface area contributed by atoms with Gasteiger partial charge in [0, 0.05) is 10.7 Å². The van der Waals surface area contributed by atoms with Crippen molar-refractivity contribution in [1.29, 1.82) is 0 Å². The van der Waals surface area contributed by atoms with Crippen LogP contribution in [-0.2, 0) is 0 Å². The summed E-state index contributed by atoms with van der Waals surface area (Å²) < 4.78 is 4.66. The molecule has 0 spiro atoms. The summed E-state index contributed by atoms with van der Waals surface area (Å²) in [5, 5.41) is 19.6. The lowest BCUT2D eigenvalue weighted by atomic mass is 10.1. The maximum absolute atomic E-state index is 12.9. The van der Waals surface area contributed by atoms with Crippen molar-refractivity contribution >= 4 is 29.6 Å². The van der Waals surface area contributed by atoms with E-state index in [-0.39, 0.29) is 38.7 Å². The Morgan fingerprint density at radius 2 is 1.56 bits per heavy atom. The van der Waals surface area contributed by atoms with Gasteiger partial charge in [-0.25, -0.2) is 10.3 Å². The second-order valence-electron chi connectivity index (χ2n) is 7.24. The minimum atomic E-state index is -0.682. The smallest absolute Gasteiger partial charge is 0.273 e. The van der Waals surface area contributed by atoms with E-state index in [1.807, 2.05) is 6.07 Å². The van der Waals surface area contributed by atoms with Crippen molar-refractivity contribution in [2.75, 3.05) is 4.90 Å². The van der Waals surface area contributed by atoms with Crippen LogP contribution in [0.15, 0.2) is 88.6 Å². The van der Waals surface area contributed by atoms with Gasteiger partial charge in [-0.15, -0.1) is 0 Å². The fourth-order valence-corrected chi connectivity index (χ4v) is 3.64. The van der Waals surface area contributed by atoms with Gasteiger partial charge in [0.2, 0.25) is 5.69 Å². The number of hydrogen-bond donors (Lipinski definition) is 1. The minimum Gasteiger partial charge on any atom is -0.359 e. The summed E-state index contributed by atoms with van der Waals surface area (Å²) in [4.78, 5) is 39.7. The first-order chi connectivity index (χ1) is 16.6. The molecule has 10 heteroatoms. The lowest BCUT2D eigenvalue weighted by Crippen LogP contribution is -2.32. The van der Waals surface area contributed by atoms with E-state index < -0.39 is 17.7 Å². The third-order valence-corrected chi connectivity index (χ3v) is 5.23. The number of aromatic nitrogens is 2. The lowest BCUT2D eigenvalue weighted by Gasteiger charge is -2.17. The molecule has 1 aliphatic heterocycles. The minimum absolute atomic E-state index is 0.0138. The standard InChI is InChI=1S/C24H15N5O5/c30-22(26-25-14-20-21(27-34-29(20)33)15-8-2-1-3-9-15)18-12-6-7-13-19(18)28-23(31)16-10-4-5-11-17(16)24(28)32/h1-14H,(H,26,30)/b25-14+. The van der Waals surface area contributed by atoms with E-state index in [9.17, 15) is 19.6 Å². The van der Waals surface area contributed by atoms with Crippen molar-refractivity contribution in [3.63, 3.8) is 0 Å². The molecular formula is C24H15N5O5. The fraction of sp³-hybridized carbons (Fsp3) is 0. The van der Waals surface area contributed by atoms with Gasteiger partial charge in [-0.2, -0.15) is 5.10 Å². The lowest BCUT2D eigenvalue weighted by molar-refractivity contribution is -0.803. The van der Waals surface area contributed by atoms with Gasteiger partial charge in [0.15, 0.2) is 0 Å². The molecule has 0 aliphatic carbocycles. The largest absolute Gasteiger partial charge is 0.359 e. The van der Waals surface area contributed by atoms with Gasteiger partial charge in [-0.3, -0.25) is 19.0 Å². The number of amides is 3. The zero-order valence-electron chi connectivity index (χ0n) is 17.4. The first kappa shape index (κ1) is 20.8. The highest BCUT2D eigenvalue weighted by Crippen LogP contribution is 2.30. The highest BCUT2D eigenvalue weighted by molar-refractivity contribution is 6.35. The second kappa shape index (κ2) is 8.43. The monoisotopic (exact) mass is 453 g/mol. The number of imide groups is 1. The van der Waals surface area contributed by atoms with E-state index in [4.69, 9.17) is 0 Å². The number of hydrogen-bond acceptors (Lipinski definition) is 7. The van der Waals surface area contributed by atoms with Gasteiger partial charge in [0.25, 0.3) is 23.4 Å². The molecule has 5 rings (SSSR count). The molecule has 0 unspecified atom stereocenters. The number of nitrogens with zero attached hydrogens (tertiary/aromatic N) is 4. The van der Waals surface area contributed by atoms with Crippen LogP contribution in [0.3, 0.4) is 0 Å². The Bertz CT molecular complexity index is 1430. The maximum atomic E-state index is 12.9. The molecule has 0 atom stereocenters. The molecule has 10 nitrogen and oxygen atoms in total. The summed E-state index contributed by atoms with van der Waals surface area (Å²) in [5.74, 6) is -1.72. The highest BCUT2D eigenvalue weighted by atomic mass is 16.8. The van der Waals surface area contributed by atoms with Crippen LogP contribution in [0.25, 0.3) is 11.3 Å². The van der Waals surface area contributed by atoms with Crippen LogP contribution < -0.4 is 15.2 Å². The summed E-state index contributed by atoms with van der Waals surface area (Å²) in [5.41, 5.74) is 3.89. The number of hydrazone groups is 1. The van der Waals surface area contributed by atoms with Crippen molar-refractivity contribution in [2.24, 2.45) is 5.10 Å². The van der Waals surface area contributed by atoms with Crippen molar-refractivity contribution in [2.45, 2.75) is 0 Å². The van der Waals surface area contributed by atoms with E-state index in [1.165, 1.54) is 12.1 Å². The first-order valence-corrected chi connectivity index (χ1v) is 10.1. The summed E-state index contributed by atoms with van der Waals surface area (Å²) in [7, 11) is 0. The predicted molar refractivity (Wildman–Crippen MR) is 120 cm³/mol. The van der Waals surface area contributed by atoms with Gasteiger partial charge < -0.3 is 5.21 Å². The van der Waals surface area contributed by atoms with Crippen LogP contribution in [0.1, 0.15) is 36.8 Å². The number of rotatable bonds is 5. The molecule has 0 saturated carbocycles. The Hall–Kier alpha value is -5.12. The molecule has 1 N–H and O–H groups in total.